The normalized spacial score (nSPS) is 33.0. The van der Waals surface area contributed by atoms with Gasteiger partial charge in [-0.3, -0.25) is 9.80 Å². The second-order valence-corrected chi connectivity index (χ2v) is 6.48. The molecule has 1 aliphatic carbocycles. The largest absolute Gasteiger partial charge is 0.351 e. The van der Waals surface area contributed by atoms with Crippen LogP contribution in [0.1, 0.15) is 17.9 Å². The van der Waals surface area contributed by atoms with Crippen LogP contribution in [0.2, 0.25) is 0 Å². The van der Waals surface area contributed by atoms with E-state index in [1.807, 2.05) is 0 Å². The molecule has 5 nitrogen and oxygen atoms in total. The molecule has 2 saturated heterocycles. The van der Waals surface area contributed by atoms with Crippen molar-refractivity contribution in [1.29, 1.82) is 0 Å². The average molecular weight is 286 g/mol. The predicted octanol–water partition coefficient (Wildman–Crippen LogP) is 0.881. The SMILES string of the molecule is NC(=O)N1CCN2CN([C@H]3C[C@@H]3c3ccccc3)CC2C1. The van der Waals surface area contributed by atoms with Crippen LogP contribution >= 0.6 is 0 Å². The summed E-state index contributed by atoms with van der Waals surface area (Å²) >= 11 is 0. The van der Waals surface area contributed by atoms with Crippen molar-refractivity contribution in [3.05, 3.63) is 35.9 Å². The minimum atomic E-state index is -0.276. The molecule has 4 rings (SSSR count). The molecule has 1 aromatic rings. The van der Waals surface area contributed by atoms with Gasteiger partial charge in [-0.05, 0) is 12.0 Å². The summed E-state index contributed by atoms with van der Waals surface area (Å²) in [5.41, 5.74) is 6.87. The summed E-state index contributed by atoms with van der Waals surface area (Å²) in [5.74, 6) is 0.694. The fraction of sp³-hybridized carbons (Fsp3) is 0.562. The van der Waals surface area contributed by atoms with E-state index >= 15 is 0 Å². The maximum Gasteiger partial charge on any atom is 0.314 e. The second kappa shape index (κ2) is 5.00. The van der Waals surface area contributed by atoms with E-state index in [4.69, 9.17) is 5.73 Å². The summed E-state index contributed by atoms with van der Waals surface area (Å²) in [7, 11) is 0. The third kappa shape index (κ3) is 2.40. The van der Waals surface area contributed by atoms with Gasteiger partial charge < -0.3 is 10.6 Å². The van der Waals surface area contributed by atoms with Gasteiger partial charge in [-0.15, -0.1) is 0 Å². The Balaban J connectivity index is 1.39. The number of hydrogen-bond donors (Lipinski definition) is 1. The van der Waals surface area contributed by atoms with Gasteiger partial charge in [-0.2, -0.15) is 0 Å². The van der Waals surface area contributed by atoms with Crippen molar-refractivity contribution in [2.24, 2.45) is 5.73 Å². The molecule has 0 spiro atoms. The van der Waals surface area contributed by atoms with Crippen LogP contribution in [-0.4, -0.2) is 65.7 Å². The maximum absolute atomic E-state index is 11.3. The minimum absolute atomic E-state index is 0.276. The molecule has 2 N–H and O–H groups in total. The molecule has 1 aromatic carbocycles. The van der Waals surface area contributed by atoms with E-state index in [0.29, 0.717) is 18.0 Å². The number of amides is 2. The topological polar surface area (TPSA) is 52.8 Å². The van der Waals surface area contributed by atoms with Gasteiger partial charge in [0.05, 0.1) is 6.67 Å². The van der Waals surface area contributed by atoms with E-state index in [-0.39, 0.29) is 6.03 Å². The minimum Gasteiger partial charge on any atom is -0.351 e. The molecule has 5 heteroatoms. The number of piperazine rings is 1. The lowest BCUT2D eigenvalue weighted by Gasteiger charge is -2.35. The van der Waals surface area contributed by atoms with Gasteiger partial charge in [0.25, 0.3) is 0 Å². The number of nitrogens with zero attached hydrogens (tertiary/aromatic N) is 3. The van der Waals surface area contributed by atoms with E-state index in [2.05, 4.69) is 40.1 Å². The van der Waals surface area contributed by atoms with Crippen molar-refractivity contribution >= 4 is 6.03 Å². The molecule has 1 unspecified atom stereocenters. The molecule has 3 fully saturated rings. The van der Waals surface area contributed by atoms with Crippen LogP contribution in [0.4, 0.5) is 4.79 Å². The molecule has 112 valence electrons. The van der Waals surface area contributed by atoms with Crippen molar-refractivity contribution in [3.8, 4) is 0 Å². The molecule has 1 saturated carbocycles. The summed E-state index contributed by atoms with van der Waals surface area (Å²) in [6.07, 6.45) is 1.27. The summed E-state index contributed by atoms with van der Waals surface area (Å²) in [4.78, 5) is 18.2. The first-order chi connectivity index (χ1) is 10.2. The Bertz CT molecular complexity index is 534. The Morgan fingerprint density at radius 2 is 1.90 bits per heavy atom. The van der Waals surface area contributed by atoms with E-state index < -0.39 is 0 Å². The van der Waals surface area contributed by atoms with Crippen LogP contribution in [0.5, 0.6) is 0 Å². The van der Waals surface area contributed by atoms with Gasteiger partial charge in [0.2, 0.25) is 0 Å². The number of fused-ring (bicyclic) bond motifs is 1. The summed E-state index contributed by atoms with van der Waals surface area (Å²) in [6, 6.07) is 11.7. The highest BCUT2D eigenvalue weighted by molar-refractivity contribution is 5.72. The summed E-state index contributed by atoms with van der Waals surface area (Å²) in [5, 5.41) is 0. The molecule has 0 radical (unpaired) electrons. The summed E-state index contributed by atoms with van der Waals surface area (Å²) in [6.45, 7) is 4.62. The zero-order valence-electron chi connectivity index (χ0n) is 12.2. The van der Waals surface area contributed by atoms with E-state index in [0.717, 1.165) is 32.8 Å². The molecule has 2 amide bonds. The molecule has 0 bridgehead atoms. The Hall–Kier alpha value is -1.59. The van der Waals surface area contributed by atoms with E-state index in [9.17, 15) is 4.79 Å². The number of carbonyl (C=O) groups excluding carboxylic acids is 1. The number of hydrogen-bond acceptors (Lipinski definition) is 3. The van der Waals surface area contributed by atoms with E-state index in [1.165, 1.54) is 12.0 Å². The lowest BCUT2D eigenvalue weighted by molar-refractivity contribution is 0.120. The summed E-state index contributed by atoms with van der Waals surface area (Å²) < 4.78 is 0. The third-order valence-electron chi connectivity index (χ3n) is 5.18. The fourth-order valence-electron chi connectivity index (χ4n) is 3.90. The molecule has 2 aliphatic heterocycles. The van der Waals surface area contributed by atoms with Crippen molar-refractivity contribution in [1.82, 2.24) is 14.7 Å². The third-order valence-corrected chi connectivity index (χ3v) is 5.18. The van der Waals surface area contributed by atoms with Gasteiger partial charge in [0, 0.05) is 44.2 Å². The average Bonchev–Trinajstić information content (AvgIpc) is 3.19. The Morgan fingerprint density at radius 3 is 2.67 bits per heavy atom. The lowest BCUT2D eigenvalue weighted by atomic mass is 10.1. The molecular formula is C16H22N4O. The number of primary amides is 1. The molecule has 0 aromatic heterocycles. The van der Waals surface area contributed by atoms with Crippen molar-refractivity contribution in [2.45, 2.75) is 24.4 Å². The number of rotatable bonds is 2. The zero-order valence-corrected chi connectivity index (χ0v) is 12.2. The first kappa shape index (κ1) is 13.1. The quantitative estimate of drug-likeness (QED) is 0.878. The fourth-order valence-corrected chi connectivity index (χ4v) is 3.90. The van der Waals surface area contributed by atoms with Gasteiger partial charge in [0.15, 0.2) is 0 Å². The number of carbonyl (C=O) groups is 1. The molecule has 21 heavy (non-hydrogen) atoms. The van der Waals surface area contributed by atoms with Crippen LogP contribution in [0.3, 0.4) is 0 Å². The first-order valence-corrected chi connectivity index (χ1v) is 7.80. The standard InChI is InChI=1S/C16H22N4O/c17-16(21)18-6-7-19-11-20(10-13(19)9-18)15-8-14(15)12-4-2-1-3-5-12/h1-5,13-15H,6-11H2,(H2,17,21)/t13?,14-,15+/m1/s1. The Labute approximate surface area is 125 Å². The monoisotopic (exact) mass is 286 g/mol. The zero-order chi connectivity index (χ0) is 14.4. The van der Waals surface area contributed by atoms with Crippen LogP contribution in [0.15, 0.2) is 30.3 Å². The van der Waals surface area contributed by atoms with Crippen LogP contribution in [0, 0.1) is 0 Å². The number of nitrogens with two attached hydrogens (primary N) is 1. The van der Waals surface area contributed by atoms with Crippen LogP contribution < -0.4 is 5.73 Å². The molecular weight excluding hydrogens is 264 g/mol. The smallest absolute Gasteiger partial charge is 0.314 e. The van der Waals surface area contributed by atoms with Crippen molar-refractivity contribution in [2.75, 3.05) is 32.8 Å². The number of urea groups is 1. The second-order valence-electron chi connectivity index (χ2n) is 6.48. The molecule has 3 atom stereocenters. The lowest BCUT2D eigenvalue weighted by Crippen LogP contribution is -2.54. The highest BCUT2D eigenvalue weighted by Gasteiger charge is 2.47. The number of benzene rings is 1. The van der Waals surface area contributed by atoms with E-state index in [1.54, 1.807) is 4.90 Å². The van der Waals surface area contributed by atoms with Crippen LogP contribution in [0.25, 0.3) is 0 Å². The highest BCUT2D eigenvalue weighted by Crippen LogP contribution is 2.45. The van der Waals surface area contributed by atoms with Gasteiger partial charge >= 0.3 is 6.03 Å². The van der Waals surface area contributed by atoms with Gasteiger partial charge in [-0.25, -0.2) is 4.79 Å². The molecule has 3 aliphatic rings. The first-order valence-electron chi connectivity index (χ1n) is 7.80. The Kier molecular flexibility index (Phi) is 3.12. The van der Waals surface area contributed by atoms with Crippen molar-refractivity contribution in [3.63, 3.8) is 0 Å². The van der Waals surface area contributed by atoms with Gasteiger partial charge in [0.1, 0.15) is 0 Å². The Morgan fingerprint density at radius 1 is 1.10 bits per heavy atom. The maximum atomic E-state index is 11.3. The van der Waals surface area contributed by atoms with Crippen molar-refractivity contribution < 1.29 is 4.79 Å². The van der Waals surface area contributed by atoms with Crippen LogP contribution in [-0.2, 0) is 0 Å². The molecule has 2 heterocycles. The van der Waals surface area contributed by atoms with Gasteiger partial charge in [-0.1, -0.05) is 30.3 Å². The predicted molar refractivity (Wildman–Crippen MR) is 80.8 cm³/mol. The highest BCUT2D eigenvalue weighted by atomic mass is 16.2.